The molecule has 1 aliphatic heterocycles. The number of amides is 1. The van der Waals surface area contributed by atoms with Gasteiger partial charge in [-0.2, -0.15) is 0 Å². The average molecular weight is 274 g/mol. The van der Waals surface area contributed by atoms with Crippen LogP contribution in [0.25, 0.3) is 0 Å². The van der Waals surface area contributed by atoms with Crippen molar-refractivity contribution in [3.63, 3.8) is 0 Å². The molecule has 0 aliphatic carbocycles. The van der Waals surface area contributed by atoms with E-state index >= 15 is 0 Å². The van der Waals surface area contributed by atoms with Crippen molar-refractivity contribution < 1.29 is 4.79 Å². The number of carbonyl (C=O) groups excluding carboxylic acids is 1. The van der Waals surface area contributed by atoms with Crippen LogP contribution < -0.4 is 5.32 Å². The molecule has 2 unspecified atom stereocenters. The molecule has 0 aromatic heterocycles. The fourth-order valence-electron chi connectivity index (χ4n) is 3.11. The predicted molar refractivity (Wildman–Crippen MR) is 82.7 cm³/mol. The number of carbonyl (C=O) groups is 1. The van der Waals surface area contributed by atoms with E-state index in [4.69, 9.17) is 0 Å². The standard InChI is InChI=1S/C17H26N2O/c1-12-8-13(2)10-15(9-12)16(18-4)11-19-7-5-6-14(3)17(19)20/h8-10,14,16,18H,5-7,11H2,1-4H3. The van der Waals surface area contributed by atoms with E-state index in [0.29, 0.717) is 5.91 Å². The SMILES string of the molecule is CNC(CN1CCCC(C)C1=O)c1cc(C)cc(C)c1. The molecule has 3 nitrogen and oxygen atoms in total. The number of hydrogen-bond donors (Lipinski definition) is 1. The summed E-state index contributed by atoms with van der Waals surface area (Å²) in [6.45, 7) is 7.95. The van der Waals surface area contributed by atoms with Crippen LogP contribution in [0.5, 0.6) is 0 Å². The third kappa shape index (κ3) is 3.40. The second-order valence-corrected chi connectivity index (χ2v) is 6.09. The summed E-state index contributed by atoms with van der Waals surface area (Å²) in [5, 5.41) is 3.36. The largest absolute Gasteiger partial charge is 0.341 e. The van der Waals surface area contributed by atoms with Gasteiger partial charge in [0.1, 0.15) is 0 Å². The fraction of sp³-hybridized carbons (Fsp3) is 0.588. The molecule has 1 N–H and O–H groups in total. The first kappa shape index (κ1) is 15.0. The van der Waals surface area contributed by atoms with E-state index in [0.717, 1.165) is 25.9 Å². The van der Waals surface area contributed by atoms with Gasteiger partial charge in [0.25, 0.3) is 0 Å². The molecule has 20 heavy (non-hydrogen) atoms. The van der Waals surface area contributed by atoms with Crippen molar-refractivity contribution >= 4 is 5.91 Å². The van der Waals surface area contributed by atoms with Crippen molar-refractivity contribution in [2.24, 2.45) is 5.92 Å². The zero-order chi connectivity index (χ0) is 14.7. The number of likely N-dealkylation sites (N-methyl/N-ethyl adjacent to an activating group) is 1. The number of nitrogens with one attached hydrogen (secondary N) is 1. The molecule has 2 rings (SSSR count). The summed E-state index contributed by atoms with van der Waals surface area (Å²) in [7, 11) is 1.97. The summed E-state index contributed by atoms with van der Waals surface area (Å²) >= 11 is 0. The highest BCUT2D eigenvalue weighted by Gasteiger charge is 2.27. The Balaban J connectivity index is 2.14. The Kier molecular flexibility index (Phi) is 4.81. The molecule has 1 fully saturated rings. The molecule has 1 aromatic rings. The van der Waals surface area contributed by atoms with Crippen molar-refractivity contribution in [2.45, 2.75) is 39.7 Å². The van der Waals surface area contributed by atoms with E-state index < -0.39 is 0 Å². The van der Waals surface area contributed by atoms with Crippen LogP contribution in [-0.4, -0.2) is 30.9 Å². The van der Waals surface area contributed by atoms with Crippen LogP contribution in [0.2, 0.25) is 0 Å². The van der Waals surface area contributed by atoms with E-state index in [2.05, 4.69) is 37.4 Å². The third-order valence-electron chi connectivity index (χ3n) is 4.20. The molecule has 0 saturated carbocycles. The molecule has 2 atom stereocenters. The van der Waals surface area contributed by atoms with Gasteiger partial charge >= 0.3 is 0 Å². The highest BCUT2D eigenvalue weighted by atomic mass is 16.2. The molecule has 1 aromatic carbocycles. The van der Waals surface area contributed by atoms with Gasteiger partial charge in [-0.15, -0.1) is 0 Å². The topological polar surface area (TPSA) is 32.3 Å². The lowest BCUT2D eigenvalue weighted by Crippen LogP contribution is -2.44. The Hall–Kier alpha value is -1.35. The van der Waals surface area contributed by atoms with Crippen molar-refractivity contribution in [1.82, 2.24) is 10.2 Å². The van der Waals surface area contributed by atoms with Crippen molar-refractivity contribution in [1.29, 1.82) is 0 Å². The number of nitrogens with zero attached hydrogens (tertiary/aromatic N) is 1. The molecule has 3 heteroatoms. The summed E-state index contributed by atoms with van der Waals surface area (Å²) in [6.07, 6.45) is 2.15. The molecule has 0 bridgehead atoms. The Morgan fingerprint density at radius 1 is 1.30 bits per heavy atom. The second-order valence-electron chi connectivity index (χ2n) is 6.09. The summed E-state index contributed by atoms with van der Waals surface area (Å²) in [4.78, 5) is 14.3. The van der Waals surface area contributed by atoms with Gasteiger partial charge in [0, 0.05) is 25.0 Å². The van der Waals surface area contributed by atoms with E-state index in [-0.39, 0.29) is 12.0 Å². The van der Waals surface area contributed by atoms with Gasteiger partial charge in [-0.05, 0) is 39.3 Å². The van der Waals surface area contributed by atoms with Crippen LogP contribution in [0.15, 0.2) is 18.2 Å². The molecular weight excluding hydrogens is 248 g/mol. The number of hydrogen-bond acceptors (Lipinski definition) is 2. The maximum Gasteiger partial charge on any atom is 0.225 e. The van der Waals surface area contributed by atoms with Crippen molar-refractivity contribution in [3.05, 3.63) is 34.9 Å². The number of aryl methyl sites for hydroxylation is 2. The maximum absolute atomic E-state index is 12.2. The van der Waals surface area contributed by atoms with Crippen LogP contribution in [0.4, 0.5) is 0 Å². The van der Waals surface area contributed by atoms with Crippen molar-refractivity contribution in [2.75, 3.05) is 20.1 Å². The summed E-state index contributed by atoms with van der Waals surface area (Å²) in [6, 6.07) is 6.82. The number of rotatable bonds is 4. The van der Waals surface area contributed by atoms with Crippen molar-refractivity contribution in [3.8, 4) is 0 Å². The van der Waals surface area contributed by atoms with Crippen LogP contribution >= 0.6 is 0 Å². The lowest BCUT2D eigenvalue weighted by atomic mass is 9.96. The van der Waals surface area contributed by atoms with Gasteiger partial charge in [0.2, 0.25) is 5.91 Å². The Morgan fingerprint density at radius 3 is 2.55 bits per heavy atom. The zero-order valence-electron chi connectivity index (χ0n) is 13.1. The van der Waals surface area contributed by atoms with Crippen LogP contribution in [0.3, 0.4) is 0 Å². The van der Waals surface area contributed by atoms with E-state index in [1.165, 1.54) is 16.7 Å². The Morgan fingerprint density at radius 2 is 1.95 bits per heavy atom. The number of benzene rings is 1. The first-order valence-electron chi connectivity index (χ1n) is 7.55. The van der Waals surface area contributed by atoms with Gasteiger partial charge in [0.05, 0.1) is 0 Å². The minimum Gasteiger partial charge on any atom is -0.341 e. The first-order valence-corrected chi connectivity index (χ1v) is 7.55. The molecule has 1 aliphatic rings. The quantitative estimate of drug-likeness (QED) is 0.915. The molecule has 0 radical (unpaired) electrons. The third-order valence-corrected chi connectivity index (χ3v) is 4.20. The van der Waals surface area contributed by atoms with Gasteiger partial charge in [0.15, 0.2) is 0 Å². The first-order chi connectivity index (χ1) is 9.51. The number of piperidine rings is 1. The van der Waals surface area contributed by atoms with Gasteiger partial charge in [-0.1, -0.05) is 36.2 Å². The smallest absolute Gasteiger partial charge is 0.225 e. The second kappa shape index (κ2) is 6.40. The fourth-order valence-corrected chi connectivity index (χ4v) is 3.11. The summed E-state index contributed by atoms with van der Waals surface area (Å²) < 4.78 is 0. The molecule has 0 spiro atoms. The van der Waals surface area contributed by atoms with E-state index in [9.17, 15) is 4.79 Å². The highest BCUT2D eigenvalue weighted by Crippen LogP contribution is 2.22. The Bertz CT molecular complexity index is 464. The lowest BCUT2D eigenvalue weighted by Gasteiger charge is -2.33. The lowest BCUT2D eigenvalue weighted by molar-refractivity contribution is -0.138. The van der Waals surface area contributed by atoms with Gasteiger partial charge in [-0.3, -0.25) is 4.79 Å². The maximum atomic E-state index is 12.2. The van der Waals surface area contributed by atoms with Gasteiger partial charge < -0.3 is 10.2 Å². The highest BCUT2D eigenvalue weighted by molar-refractivity contribution is 5.79. The summed E-state index contributed by atoms with van der Waals surface area (Å²) in [5.74, 6) is 0.487. The van der Waals surface area contributed by atoms with Crippen LogP contribution in [0, 0.1) is 19.8 Å². The van der Waals surface area contributed by atoms with Gasteiger partial charge in [-0.25, -0.2) is 0 Å². The number of likely N-dealkylation sites (tertiary alicyclic amines) is 1. The van der Waals surface area contributed by atoms with Crippen LogP contribution in [0.1, 0.15) is 42.5 Å². The Labute approximate surface area is 122 Å². The average Bonchev–Trinajstić information content (AvgIpc) is 2.39. The monoisotopic (exact) mass is 274 g/mol. The van der Waals surface area contributed by atoms with E-state index in [1.54, 1.807) is 0 Å². The molecular formula is C17H26N2O. The molecule has 1 amide bonds. The summed E-state index contributed by atoms with van der Waals surface area (Å²) in [5.41, 5.74) is 3.83. The van der Waals surface area contributed by atoms with E-state index in [1.807, 2.05) is 18.9 Å². The zero-order valence-corrected chi connectivity index (χ0v) is 13.1. The minimum atomic E-state index is 0.181. The molecule has 1 saturated heterocycles. The normalized spacial score (nSPS) is 21.1. The molecule has 110 valence electrons. The van der Waals surface area contributed by atoms with Crippen LogP contribution in [-0.2, 0) is 4.79 Å². The predicted octanol–water partition coefficient (Wildman–Crippen LogP) is 2.82. The molecule has 1 heterocycles. The minimum absolute atomic E-state index is 0.181.